The van der Waals surface area contributed by atoms with Crippen LogP contribution >= 0.6 is 0 Å². The molecule has 0 N–H and O–H groups in total. The number of halogens is 4. The van der Waals surface area contributed by atoms with Gasteiger partial charge in [-0.05, 0) is 48.9 Å². The van der Waals surface area contributed by atoms with Crippen LogP contribution in [0.1, 0.15) is 52.5 Å². The third kappa shape index (κ3) is 3.56. The highest BCUT2D eigenvalue weighted by atomic mass is 19.3. The van der Waals surface area contributed by atoms with Crippen molar-refractivity contribution >= 4 is 11.6 Å². The quantitative estimate of drug-likeness (QED) is 0.611. The van der Waals surface area contributed by atoms with E-state index < -0.39 is 29.5 Å². The van der Waals surface area contributed by atoms with Gasteiger partial charge in [0.2, 0.25) is 5.82 Å². The number of aromatic nitrogens is 3. The fraction of sp³-hybridized carbons (Fsp3) is 0.350. The molecule has 2 aromatic heterocycles. The van der Waals surface area contributed by atoms with Gasteiger partial charge >= 0.3 is 0 Å². The van der Waals surface area contributed by atoms with E-state index in [2.05, 4.69) is 10.2 Å². The van der Waals surface area contributed by atoms with Gasteiger partial charge in [0.15, 0.2) is 5.65 Å². The van der Waals surface area contributed by atoms with E-state index in [1.807, 2.05) is 13.0 Å². The lowest BCUT2D eigenvalue weighted by atomic mass is 9.86. The highest BCUT2D eigenvalue weighted by Gasteiger charge is 2.31. The predicted octanol–water partition coefficient (Wildman–Crippen LogP) is 4.27. The number of hydrogen-bond acceptors (Lipinski definition) is 3. The summed E-state index contributed by atoms with van der Waals surface area (Å²) in [7, 11) is 0. The van der Waals surface area contributed by atoms with Crippen molar-refractivity contribution < 1.29 is 22.4 Å². The van der Waals surface area contributed by atoms with Crippen LogP contribution in [0.2, 0.25) is 0 Å². The van der Waals surface area contributed by atoms with Gasteiger partial charge in [0.1, 0.15) is 11.6 Å². The summed E-state index contributed by atoms with van der Waals surface area (Å²) in [5.74, 6) is -2.72. The molecule has 0 aliphatic carbocycles. The zero-order valence-corrected chi connectivity index (χ0v) is 15.6. The molecule has 3 heterocycles. The molecular formula is C20H18F4N4O. The third-order valence-electron chi connectivity index (χ3n) is 5.31. The number of alkyl halides is 2. The maximum absolute atomic E-state index is 13.9. The van der Waals surface area contributed by atoms with Crippen LogP contribution in [0.3, 0.4) is 0 Å². The predicted molar refractivity (Wildman–Crippen MR) is 96.9 cm³/mol. The number of likely N-dealkylation sites (tertiary alicyclic amines) is 1. The molecule has 5 nitrogen and oxygen atoms in total. The van der Waals surface area contributed by atoms with Crippen LogP contribution < -0.4 is 0 Å². The number of carbonyl (C=O) groups is 1. The van der Waals surface area contributed by atoms with Gasteiger partial charge in [-0.3, -0.25) is 9.20 Å². The first-order chi connectivity index (χ1) is 13.8. The molecule has 3 aromatic rings. The summed E-state index contributed by atoms with van der Waals surface area (Å²) in [5, 5.41) is 7.96. The van der Waals surface area contributed by atoms with E-state index >= 15 is 0 Å². The first-order valence-corrected chi connectivity index (χ1v) is 9.23. The number of benzene rings is 1. The Morgan fingerprint density at radius 2 is 1.86 bits per heavy atom. The highest BCUT2D eigenvalue weighted by molar-refractivity contribution is 5.91. The lowest BCUT2D eigenvalue weighted by Crippen LogP contribution is -2.39. The molecule has 0 saturated carbocycles. The number of rotatable bonds is 3. The van der Waals surface area contributed by atoms with Crippen molar-refractivity contribution in [1.29, 1.82) is 0 Å². The van der Waals surface area contributed by atoms with Crippen molar-refractivity contribution in [2.24, 2.45) is 0 Å². The van der Waals surface area contributed by atoms with Gasteiger partial charge in [0.25, 0.3) is 12.3 Å². The molecule has 1 saturated heterocycles. The van der Waals surface area contributed by atoms with Crippen LogP contribution in [-0.4, -0.2) is 38.5 Å². The Hall–Kier alpha value is -2.97. The average Bonchev–Trinajstić information content (AvgIpc) is 3.09. The van der Waals surface area contributed by atoms with Crippen LogP contribution in [0.25, 0.3) is 5.65 Å². The molecule has 1 amide bonds. The molecule has 0 radical (unpaired) electrons. The molecule has 1 fully saturated rings. The second-order valence-electron chi connectivity index (χ2n) is 7.22. The fourth-order valence-corrected chi connectivity index (χ4v) is 3.85. The van der Waals surface area contributed by atoms with Gasteiger partial charge in [-0.15, -0.1) is 10.2 Å². The van der Waals surface area contributed by atoms with E-state index in [4.69, 9.17) is 0 Å². The maximum Gasteiger partial charge on any atom is 0.292 e. The number of amides is 1. The second-order valence-corrected chi connectivity index (χ2v) is 7.22. The monoisotopic (exact) mass is 406 g/mol. The molecule has 0 spiro atoms. The lowest BCUT2D eigenvalue weighted by molar-refractivity contribution is 0.0696. The van der Waals surface area contributed by atoms with E-state index in [0.717, 1.165) is 11.6 Å². The molecule has 152 valence electrons. The summed E-state index contributed by atoms with van der Waals surface area (Å²) < 4.78 is 55.7. The summed E-state index contributed by atoms with van der Waals surface area (Å²) in [6.45, 7) is 2.42. The molecule has 1 aliphatic rings. The summed E-state index contributed by atoms with van der Waals surface area (Å²) >= 11 is 0. The normalized spacial score (nSPS) is 15.4. The van der Waals surface area contributed by atoms with Gasteiger partial charge in [-0.25, -0.2) is 17.6 Å². The Balaban J connectivity index is 1.54. The number of fused-ring (bicyclic) bond motifs is 1. The minimum atomic E-state index is -3.03. The van der Waals surface area contributed by atoms with E-state index in [-0.39, 0.29) is 30.4 Å². The standard InChI is InChI=1S/C20H18F4N4O/c1-11-2-3-16-25-26-19(28(16)10-11)20(29)27-6-4-12(5-7-27)14-8-13(21)9-15(22)17(14)18(23)24/h2-3,8-10,12,18H,4-7H2,1H3. The fourth-order valence-electron chi connectivity index (χ4n) is 3.85. The molecule has 0 atom stereocenters. The minimum absolute atomic E-state index is 0.0202. The second kappa shape index (κ2) is 7.46. The van der Waals surface area contributed by atoms with Crippen LogP contribution in [0.15, 0.2) is 30.5 Å². The highest BCUT2D eigenvalue weighted by Crippen LogP contribution is 2.37. The smallest absolute Gasteiger partial charge is 0.292 e. The van der Waals surface area contributed by atoms with E-state index in [9.17, 15) is 22.4 Å². The van der Waals surface area contributed by atoms with Crippen LogP contribution in [0.4, 0.5) is 17.6 Å². The lowest BCUT2D eigenvalue weighted by Gasteiger charge is -2.32. The maximum atomic E-state index is 13.9. The van der Waals surface area contributed by atoms with Crippen LogP contribution in [0, 0.1) is 18.6 Å². The number of carbonyl (C=O) groups excluding carboxylic acids is 1. The third-order valence-corrected chi connectivity index (χ3v) is 5.31. The van der Waals surface area contributed by atoms with Gasteiger partial charge in [-0.1, -0.05) is 6.07 Å². The largest absolute Gasteiger partial charge is 0.336 e. The Bertz CT molecular complexity index is 1070. The number of hydrogen-bond donors (Lipinski definition) is 0. The van der Waals surface area contributed by atoms with Crippen molar-refractivity contribution in [2.75, 3.05) is 13.1 Å². The number of piperidine rings is 1. The molecular weight excluding hydrogens is 388 g/mol. The van der Waals surface area contributed by atoms with Crippen molar-refractivity contribution in [3.63, 3.8) is 0 Å². The molecule has 1 aromatic carbocycles. The Kier molecular flexibility index (Phi) is 4.97. The van der Waals surface area contributed by atoms with E-state index in [1.165, 1.54) is 0 Å². The average molecular weight is 406 g/mol. The Morgan fingerprint density at radius 1 is 1.14 bits per heavy atom. The van der Waals surface area contributed by atoms with E-state index in [1.54, 1.807) is 21.6 Å². The van der Waals surface area contributed by atoms with Crippen molar-refractivity contribution in [2.45, 2.75) is 32.1 Å². The minimum Gasteiger partial charge on any atom is -0.336 e. The molecule has 0 unspecified atom stereocenters. The number of pyridine rings is 1. The molecule has 1 aliphatic heterocycles. The molecule has 29 heavy (non-hydrogen) atoms. The van der Waals surface area contributed by atoms with Gasteiger partial charge in [0.05, 0.1) is 5.56 Å². The van der Waals surface area contributed by atoms with Crippen molar-refractivity contribution in [3.8, 4) is 0 Å². The summed E-state index contributed by atoms with van der Waals surface area (Å²) in [6, 6.07) is 5.07. The molecule has 4 rings (SSSR count). The topological polar surface area (TPSA) is 50.5 Å². The number of nitrogens with zero attached hydrogens (tertiary/aromatic N) is 4. The van der Waals surface area contributed by atoms with E-state index in [0.29, 0.717) is 24.6 Å². The summed E-state index contributed by atoms with van der Waals surface area (Å²) in [4.78, 5) is 14.4. The molecule has 9 heteroatoms. The Labute approximate surface area is 164 Å². The summed E-state index contributed by atoms with van der Waals surface area (Å²) in [5.41, 5.74) is 0.714. The Morgan fingerprint density at radius 3 is 2.55 bits per heavy atom. The molecule has 0 bridgehead atoms. The van der Waals surface area contributed by atoms with Crippen LogP contribution in [-0.2, 0) is 0 Å². The SMILES string of the molecule is Cc1ccc2nnc(C(=O)N3CCC(c4cc(F)cc(F)c4C(F)F)CC3)n2c1. The first kappa shape index (κ1) is 19.4. The summed E-state index contributed by atoms with van der Waals surface area (Å²) in [6.07, 6.45) is -0.621. The van der Waals surface area contributed by atoms with Gasteiger partial charge in [-0.2, -0.15) is 0 Å². The van der Waals surface area contributed by atoms with Crippen LogP contribution in [0.5, 0.6) is 0 Å². The van der Waals surface area contributed by atoms with Gasteiger partial charge < -0.3 is 4.90 Å². The first-order valence-electron chi connectivity index (χ1n) is 9.23. The van der Waals surface area contributed by atoms with Gasteiger partial charge in [0, 0.05) is 25.4 Å². The zero-order chi connectivity index (χ0) is 20.7. The zero-order valence-electron chi connectivity index (χ0n) is 15.6. The van der Waals surface area contributed by atoms with Crippen molar-refractivity contribution in [1.82, 2.24) is 19.5 Å². The number of aryl methyl sites for hydroxylation is 1. The van der Waals surface area contributed by atoms with Crippen molar-refractivity contribution in [3.05, 3.63) is 64.6 Å².